The summed E-state index contributed by atoms with van der Waals surface area (Å²) in [4.78, 5) is 7.90. The molecule has 0 aliphatic rings. The molecule has 0 amide bonds. The number of nitrogens with one attached hydrogen (secondary N) is 1. The number of ether oxygens (including phenoxy) is 1. The lowest BCUT2D eigenvalue weighted by atomic mass is 10.1. The third-order valence-electron chi connectivity index (χ3n) is 3.62. The minimum Gasteiger partial charge on any atom is -0.497 e. The maximum absolute atomic E-state index is 6.27. The van der Waals surface area contributed by atoms with Crippen LogP contribution in [0.1, 0.15) is 23.0 Å². The number of imidazole rings is 1. The highest BCUT2D eigenvalue weighted by Gasteiger charge is 2.12. The zero-order chi connectivity index (χ0) is 14.8. The average Bonchev–Trinajstić information content (AvgIpc) is 2.91. The van der Waals surface area contributed by atoms with E-state index in [0.717, 1.165) is 29.0 Å². The van der Waals surface area contributed by atoms with E-state index < -0.39 is 0 Å². The van der Waals surface area contributed by atoms with Crippen LogP contribution >= 0.6 is 24.8 Å². The van der Waals surface area contributed by atoms with Gasteiger partial charge in [-0.25, -0.2) is 4.98 Å². The predicted octanol–water partition coefficient (Wildman–Crippen LogP) is 3.97. The monoisotopic (exact) mass is 353 g/mol. The molecule has 0 aliphatic carbocycles. The number of hydrogen-bond donors (Lipinski definition) is 2. The smallest absolute Gasteiger partial charge is 0.124 e. The Hall–Kier alpha value is -1.75. The molecule has 3 aromatic rings. The van der Waals surface area contributed by atoms with E-state index in [9.17, 15) is 0 Å². The highest BCUT2D eigenvalue weighted by Crippen LogP contribution is 2.20. The molecule has 124 valence electrons. The van der Waals surface area contributed by atoms with Gasteiger partial charge in [-0.1, -0.05) is 18.2 Å². The summed E-state index contributed by atoms with van der Waals surface area (Å²) in [6.07, 6.45) is 0.739. The molecular weight excluding hydrogens is 333 g/mol. The molecule has 0 saturated heterocycles. The molecule has 0 unspecified atom stereocenters. The Balaban J connectivity index is 0.00000132. The molecular formula is C17H21Cl2N3O. The first-order valence-corrected chi connectivity index (χ1v) is 7.00. The van der Waals surface area contributed by atoms with Crippen LogP contribution in [0.25, 0.3) is 11.0 Å². The van der Waals surface area contributed by atoms with Crippen molar-refractivity contribution >= 4 is 35.8 Å². The number of H-pyrrole nitrogens is 1. The summed E-state index contributed by atoms with van der Waals surface area (Å²) in [6.45, 7) is 2.06. The first-order valence-electron chi connectivity index (χ1n) is 7.00. The van der Waals surface area contributed by atoms with Gasteiger partial charge in [-0.05, 0) is 48.7 Å². The number of aryl methyl sites for hydroxylation is 1. The summed E-state index contributed by atoms with van der Waals surface area (Å²) in [5.41, 5.74) is 10.6. The number of methoxy groups -OCH3 is 1. The molecule has 23 heavy (non-hydrogen) atoms. The van der Waals surface area contributed by atoms with Gasteiger partial charge >= 0.3 is 0 Å². The van der Waals surface area contributed by atoms with Gasteiger partial charge in [0.05, 0.1) is 24.2 Å². The molecule has 1 heterocycles. The fourth-order valence-electron chi connectivity index (χ4n) is 2.42. The second-order valence-electron chi connectivity index (χ2n) is 5.30. The molecule has 6 heteroatoms. The Morgan fingerprint density at radius 2 is 1.83 bits per heavy atom. The highest BCUT2D eigenvalue weighted by molar-refractivity contribution is 5.85. The number of nitrogens with two attached hydrogens (primary N) is 1. The molecule has 3 rings (SSSR count). The summed E-state index contributed by atoms with van der Waals surface area (Å²) in [6, 6.07) is 14.0. The quantitative estimate of drug-likeness (QED) is 0.745. The fourth-order valence-corrected chi connectivity index (χ4v) is 2.42. The summed E-state index contributed by atoms with van der Waals surface area (Å²) in [7, 11) is 1.66. The minimum absolute atomic E-state index is 0. The first kappa shape index (κ1) is 19.3. The van der Waals surface area contributed by atoms with Crippen molar-refractivity contribution in [3.8, 4) is 5.75 Å². The van der Waals surface area contributed by atoms with Crippen LogP contribution in [0, 0.1) is 6.92 Å². The molecule has 0 spiro atoms. The summed E-state index contributed by atoms with van der Waals surface area (Å²) in [5, 5.41) is 0. The van der Waals surface area contributed by atoms with E-state index in [4.69, 9.17) is 10.5 Å². The molecule has 0 fully saturated rings. The molecule has 1 aromatic heterocycles. The van der Waals surface area contributed by atoms with Gasteiger partial charge in [-0.15, -0.1) is 24.8 Å². The van der Waals surface area contributed by atoms with E-state index in [1.165, 1.54) is 11.1 Å². The van der Waals surface area contributed by atoms with E-state index in [2.05, 4.69) is 29.0 Å². The maximum Gasteiger partial charge on any atom is 0.124 e. The SMILES string of the molecule is COc1ccc(C[C@@H](N)c2nc3cc(C)ccc3[nH]2)cc1.Cl.Cl. The Labute approximate surface area is 148 Å². The van der Waals surface area contributed by atoms with Gasteiger partial charge in [0, 0.05) is 0 Å². The number of hydrogen-bond acceptors (Lipinski definition) is 3. The predicted molar refractivity (Wildman–Crippen MR) is 99.0 cm³/mol. The van der Waals surface area contributed by atoms with Gasteiger partial charge in [0.15, 0.2) is 0 Å². The summed E-state index contributed by atoms with van der Waals surface area (Å²) < 4.78 is 5.16. The molecule has 0 saturated carbocycles. The third-order valence-corrected chi connectivity index (χ3v) is 3.62. The van der Waals surface area contributed by atoms with Crippen molar-refractivity contribution in [3.63, 3.8) is 0 Å². The van der Waals surface area contributed by atoms with Crippen molar-refractivity contribution in [1.82, 2.24) is 9.97 Å². The van der Waals surface area contributed by atoms with E-state index in [0.29, 0.717) is 0 Å². The van der Waals surface area contributed by atoms with E-state index >= 15 is 0 Å². The summed E-state index contributed by atoms with van der Waals surface area (Å²) >= 11 is 0. The molecule has 0 aliphatic heterocycles. The maximum atomic E-state index is 6.27. The number of halogens is 2. The highest BCUT2D eigenvalue weighted by atomic mass is 35.5. The third kappa shape index (κ3) is 4.38. The van der Waals surface area contributed by atoms with Gasteiger partial charge in [0.2, 0.25) is 0 Å². The normalized spacial score (nSPS) is 11.4. The lowest BCUT2D eigenvalue weighted by Crippen LogP contribution is -2.14. The Bertz CT molecular complexity index is 756. The van der Waals surface area contributed by atoms with Crippen molar-refractivity contribution in [1.29, 1.82) is 0 Å². The molecule has 2 aromatic carbocycles. The van der Waals surface area contributed by atoms with Crippen molar-refractivity contribution < 1.29 is 4.74 Å². The summed E-state index contributed by atoms with van der Waals surface area (Å²) in [5.74, 6) is 1.68. The second-order valence-corrected chi connectivity index (χ2v) is 5.30. The van der Waals surface area contributed by atoms with E-state index in [-0.39, 0.29) is 30.9 Å². The zero-order valence-corrected chi connectivity index (χ0v) is 14.7. The lowest BCUT2D eigenvalue weighted by molar-refractivity contribution is 0.414. The number of fused-ring (bicyclic) bond motifs is 1. The van der Waals surface area contributed by atoms with Crippen LogP contribution in [0.15, 0.2) is 42.5 Å². The van der Waals surface area contributed by atoms with Gasteiger partial charge < -0.3 is 15.5 Å². The Morgan fingerprint density at radius 3 is 2.48 bits per heavy atom. The van der Waals surface area contributed by atoms with Crippen molar-refractivity contribution in [2.45, 2.75) is 19.4 Å². The van der Waals surface area contributed by atoms with Crippen molar-refractivity contribution in [2.75, 3.05) is 7.11 Å². The molecule has 0 bridgehead atoms. The van der Waals surface area contributed by atoms with Crippen LogP contribution in [0.2, 0.25) is 0 Å². The number of rotatable bonds is 4. The largest absolute Gasteiger partial charge is 0.497 e. The number of nitrogens with zero attached hydrogens (tertiary/aromatic N) is 1. The van der Waals surface area contributed by atoms with Crippen LogP contribution in [0.5, 0.6) is 5.75 Å². The van der Waals surface area contributed by atoms with Gasteiger partial charge in [-0.2, -0.15) is 0 Å². The number of aromatic amines is 1. The standard InChI is InChI=1S/C17H19N3O.2ClH/c1-11-3-8-15-16(9-11)20-17(19-15)14(18)10-12-4-6-13(21-2)7-5-12;;/h3-9,14H,10,18H2,1-2H3,(H,19,20);2*1H/t14-;;/m1../s1. The second kappa shape index (κ2) is 8.20. The van der Waals surface area contributed by atoms with Gasteiger partial charge in [0.25, 0.3) is 0 Å². The van der Waals surface area contributed by atoms with Crippen LogP contribution in [0.4, 0.5) is 0 Å². The fraction of sp³-hybridized carbons (Fsp3) is 0.235. The van der Waals surface area contributed by atoms with Gasteiger partial charge in [0.1, 0.15) is 11.6 Å². The number of aromatic nitrogens is 2. The molecule has 0 radical (unpaired) electrons. The van der Waals surface area contributed by atoms with Crippen LogP contribution < -0.4 is 10.5 Å². The van der Waals surface area contributed by atoms with E-state index in [1.54, 1.807) is 7.11 Å². The first-order chi connectivity index (χ1) is 10.2. The zero-order valence-electron chi connectivity index (χ0n) is 13.1. The van der Waals surface area contributed by atoms with Crippen LogP contribution in [-0.2, 0) is 6.42 Å². The van der Waals surface area contributed by atoms with Crippen LogP contribution in [-0.4, -0.2) is 17.1 Å². The number of benzene rings is 2. The van der Waals surface area contributed by atoms with Gasteiger partial charge in [-0.3, -0.25) is 0 Å². The minimum atomic E-state index is -0.147. The molecule has 3 N–H and O–H groups in total. The van der Waals surface area contributed by atoms with Crippen LogP contribution in [0.3, 0.4) is 0 Å². The van der Waals surface area contributed by atoms with E-state index in [1.807, 2.05) is 30.3 Å². The molecule has 1 atom stereocenters. The Kier molecular flexibility index (Phi) is 6.88. The van der Waals surface area contributed by atoms with Crippen molar-refractivity contribution in [3.05, 3.63) is 59.4 Å². The van der Waals surface area contributed by atoms with Crippen molar-refractivity contribution in [2.24, 2.45) is 5.73 Å². The lowest BCUT2D eigenvalue weighted by Gasteiger charge is -2.09. The topological polar surface area (TPSA) is 63.9 Å². The molecule has 4 nitrogen and oxygen atoms in total. The Morgan fingerprint density at radius 1 is 1.13 bits per heavy atom. The average molecular weight is 354 g/mol.